The lowest BCUT2D eigenvalue weighted by Gasteiger charge is -2.17. The molecular weight excluding hydrogens is 254 g/mol. The van der Waals surface area contributed by atoms with Gasteiger partial charge in [-0.25, -0.2) is 0 Å². The fourth-order valence-corrected chi connectivity index (χ4v) is 1.88. The molecule has 0 heterocycles. The minimum Gasteiger partial charge on any atom is -0.481 e. The normalized spacial score (nSPS) is 11.2. The number of carbonyl (C=O) groups excluding carboxylic acids is 1. The lowest BCUT2D eigenvalue weighted by atomic mass is 9.90. The Labute approximate surface area is 120 Å². The van der Waals surface area contributed by atoms with Crippen LogP contribution in [0.1, 0.15) is 45.6 Å². The third-order valence-electron chi connectivity index (χ3n) is 2.92. The number of anilines is 1. The molecule has 0 bridgehead atoms. The molecule has 1 amide bonds. The quantitative estimate of drug-likeness (QED) is 0.836. The van der Waals surface area contributed by atoms with Gasteiger partial charge in [0, 0.05) is 12.1 Å². The zero-order chi connectivity index (χ0) is 15.2. The van der Waals surface area contributed by atoms with Gasteiger partial charge in [0.1, 0.15) is 0 Å². The highest BCUT2D eigenvalue weighted by Gasteiger charge is 2.11. The zero-order valence-electron chi connectivity index (χ0n) is 12.4. The number of carboxylic acid groups (broad SMARTS) is 1. The van der Waals surface area contributed by atoms with Gasteiger partial charge < -0.3 is 10.4 Å². The molecule has 0 radical (unpaired) electrons. The molecule has 0 aliphatic heterocycles. The standard InChI is InChI=1S/C16H23NO3/c1-16(2,3)10-4-5-14(18)17-13-8-6-12(7-9-13)11-15(19)20/h6-9H,4-5,10-11H2,1-3H3,(H,17,18)(H,19,20). The van der Waals surface area contributed by atoms with E-state index in [0.29, 0.717) is 12.1 Å². The Kier molecular flexibility index (Phi) is 5.74. The van der Waals surface area contributed by atoms with Gasteiger partial charge in [-0.3, -0.25) is 9.59 Å². The molecular formula is C16H23NO3. The summed E-state index contributed by atoms with van der Waals surface area (Å²) in [6.45, 7) is 6.48. The van der Waals surface area contributed by atoms with Gasteiger partial charge in [-0.2, -0.15) is 0 Å². The Morgan fingerprint density at radius 2 is 1.75 bits per heavy atom. The van der Waals surface area contributed by atoms with Crippen LogP contribution >= 0.6 is 0 Å². The lowest BCUT2D eigenvalue weighted by Crippen LogP contribution is -2.13. The molecule has 0 atom stereocenters. The molecule has 1 rings (SSSR count). The maximum absolute atomic E-state index is 11.8. The Morgan fingerprint density at radius 1 is 1.15 bits per heavy atom. The van der Waals surface area contributed by atoms with E-state index < -0.39 is 5.97 Å². The van der Waals surface area contributed by atoms with Gasteiger partial charge in [-0.1, -0.05) is 32.9 Å². The Hall–Kier alpha value is -1.84. The van der Waals surface area contributed by atoms with E-state index in [1.165, 1.54) is 0 Å². The topological polar surface area (TPSA) is 66.4 Å². The SMILES string of the molecule is CC(C)(C)CCCC(=O)Nc1ccc(CC(=O)O)cc1. The summed E-state index contributed by atoms with van der Waals surface area (Å²) in [5.41, 5.74) is 1.68. The minimum absolute atomic E-state index is 0.000189. The molecule has 0 aliphatic carbocycles. The second kappa shape index (κ2) is 7.08. The molecule has 0 unspecified atom stereocenters. The van der Waals surface area contributed by atoms with Gasteiger partial charge >= 0.3 is 5.97 Å². The summed E-state index contributed by atoms with van der Waals surface area (Å²) in [4.78, 5) is 22.3. The first-order valence-electron chi connectivity index (χ1n) is 6.87. The highest BCUT2D eigenvalue weighted by Crippen LogP contribution is 2.21. The Balaban J connectivity index is 2.40. The van der Waals surface area contributed by atoms with Crippen molar-refractivity contribution in [3.63, 3.8) is 0 Å². The van der Waals surface area contributed by atoms with Crippen LogP contribution in [0, 0.1) is 5.41 Å². The van der Waals surface area contributed by atoms with E-state index in [1.807, 2.05) is 0 Å². The maximum atomic E-state index is 11.8. The third kappa shape index (κ3) is 6.92. The summed E-state index contributed by atoms with van der Waals surface area (Å²) < 4.78 is 0. The van der Waals surface area contributed by atoms with Crippen LogP contribution in [0.3, 0.4) is 0 Å². The number of hydrogen-bond donors (Lipinski definition) is 2. The number of amides is 1. The number of hydrogen-bond acceptors (Lipinski definition) is 2. The van der Waals surface area contributed by atoms with E-state index in [9.17, 15) is 9.59 Å². The molecule has 0 aliphatic rings. The van der Waals surface area contributed by atoms with Crippen LogP contribution in [-0.4, -0.2) is 17.0 Å². The van der Waals surface area contributed by atoms with Crippen LogP contribution in [0.4, 0.5) is 5.69 Å². The highest BCUT2D eigenvalue weighted by molar-refractivity contribution is 5.90. The second-order valence-electron chi connectivity index (χ2n) is 6.23. The Morgan fingerprint density at radius 3 is 2.25 bits per heavy atom. The largest absolute Gasteiger partial charge is 0.481 e. The molecule has 0 saturated carbocycles. The van der Waals surface area contributed by atoms with Crippen molar-refractivity contribution in [1.82, 2.24) is 0 Å². The van der Waals surface area contributed by atoms with Crippen molar-refractivity contribution in [3.05, 3.63) is 29.8 Å². The smallest absolute Gasteiger partial charge is 0.307 e. The second-order valence-corrected chi connectivity index (χ2v) is 6.23. The van der Waals surface area contributed by atoms with Crippen molar-refractivity contribution < 1.29 is 14.7 Å². The molecule has 0 saturated heterocycles. The predicted octanol–water partition coefficient (Wildman–Crippen LogP) is 3.47. The molecule has 0 aromatic heterocycles. The molecule has 1 aromatic rings. The van der Waals surface area contributed by atoms with E-state index in [4.69, 9.17) is 5.11 Å². The molecule has 0 spiro atoms. The van der Waals surface area contributed by atoms with Crippen LogP contribution < -0.4 is 5.32 Å². The summed E-state index contributed by atoms with van der Waals surface area (Å²) >= 11 is 0. The van der Waals surface area contributed by atoms with Crippen LogP contribution in [0.15, 0.2) is 24.3 Å². The fourth-order valence-electron chi connectivity index (χ4n) is 1.88. The summed E-state index contributed by atoms with van der Waals surface area (Å²) in [5, 5.41) is 11.5. The minimum atomic E-state index is -0.857. The Bertz CT molecular complexity index is 458. The van der Waals surface area contributed by atoms with Crippen LogP contribution in [-0.2, 0) is 16.0 Å². The van der Waals surface area contributed by atoms with Gasteiger partial charge in [0.25, 0.3) is 0 Å². The molecule has 4 nitrogen and oxygen atoms in total. The van der Waals surface area contributed by atoms with Gasteiger partial charge in [-0.05, 0) is 36.0 Å². The van der Waals surface area contributed by atoms with Crippen molar-refractivity contribution in [2.45, 2.75) is 46.5 Å². The van der Waals surface area contributed by atoms with Crippen molar-refractivity contribution in [2.24, 2.45) is 5.41 Å². The van der Waals surface area contributed by atoms with Crippen molar-refractivity contribution in [1.29, 1.82) is 0 Å². The lowest BCUT2D eigenvalue weighted by molar-refractivity contribution is -0.136. The van der Waals surface area contributed by atoms with E-state index in [-0.39, 0.29) is 17.7 Å². The van der Waals surface area contributed by atoms with Crippen molar-refractivity contribution in [3.8, 4) is 0 Å². The number of carboxylic acids is 1. The van der Waals surface area contributed by atoms with E-state index in [2.05, 4.69) is 26.1 Å². The van der Waals surface area contributed by atoms with Gasteiger partial charge in [-0.15, -0.1) is 0 Å². The third-order valence-corrected chi connectivity index (χ3v) is 2.92. The van der Waals surface area contributed by atoms with Crippen LogP contribution in [0.2, 0.25) is 0 Å². The maximum Gasteiger partial charge on any atom is 0.307 e. The van der Waals surface area contributed by atoms with E-state index in [0.717, 1.165) is 18.4 Å². The zero-order valence-corrected chi connectivity index (χ0v) is 12.4. The predicted molar refractivity (Wildman–Crippen MR) is 79.7 cm³/mol. The summed E-state index contributed by atoms with van der Waals surface area (Å²) in [7, 11) is 0. The number of rotatable bonds is 6. The van der Waals surface area contributed by atoms with E-state index >= 15 is 0 Å². The number of aliphatic carboxylic acids is 1. The number of carbonyl (C=O) groups is 2. The molecule has 20 heavy (non-hydrogen) atoms. The molecule has 0 fully saturated rings. The average Bonchev–Trinajstić information content (AvgIpc) is 2.29. The van der Waals surface area contributed by atoms with Gasteiger partial charge in [0.05, 0.1) is 6.42 Å². The van der Waals surface area contributed by atoms with Crippen molar-refractivity contribution in [2.75, 3.05) is 5.32 Å². The van der Waals surface area contributed by atoms with Gasteiger partial charge in [0.2, 0.25) is 5.91 Å². The highest BCUT2D eigenvalue weighted by atomic mass is 16.4. The summed E-state index contributed by atoms with van der Waals surface area (Å²) in [5.74, 6) is -0.857. The van der Waals surface area contributed by atoms with Gasteiger partial charge in [0.15, 0.2) is 0 Å². The molecule has 4 heteroatoms. The van der Waals surface area contributed by atoms with E-state index in [1.54, 1.807) is 24.3 Å². The number of nitrogens with one attached hydrogen (secondary N) is 1. The molecule has 2 N–H and O–H groups in total. The summed E-state index contributed by atoms with van der Waals surface area (Å²) in [6.07, 6.45) is 2.39. The van der Waals surface area contributed by atoms with Crippen LogP contribution in [0.25, 0.3) is 0 Å². The fraction of sp³-hybridized carbons (Fsp3) is 0.500. The number of benzene rings is 1. The van der Waals surface area contributed by atoms with Crippen molar-refractivity contribution >= 4 is 17.6 Å². The molecule has 110 valence electrons. The summed E-state index contributed by atoms with van der Waals surface area (Å²) in [6, 6.07) is 6.91. The monoisotopic (exact) mass is 277 g/mol. The first-order valence-corrected chi connectivity index (χ1v) is 6.87. The average molecular weight is 277 g/mol. The first-order chi connectivity index (χ1) is 9.26. The molecule has 1 aromatic carbocycles. The van der Waals surface area contributed by atoms with Crippen LogP contribution in [0.5, 0.6) is 0 Å². The first kappa shape index (κ1) is 16.2.